The van der Waals surface area contributed by atoms with Crippen molar-refractivity contribution in [1.29, 1.82) is 0 Å². The number of phenols is 1. The lowest BCUT2D eigenvalue weighted by Gasteiger charge is -2.20. The predicted molar refractivity (Wildman–Crippen MR) is 158 cm³/mol. The molecular formula is C33H30N4O3. The number of phenolic OH excluding ortho intramolecular Hbond substituents is 1. The molecular weight excluding hydrogens is 500 g/mol. The van der Waals surface area contributed by atoms with Gasteiger partial charge in [0.1, 0.15) is 5.75 Å². The molecule has 0 amide bonds. The van der Waals surface area contributed by atoms with E-state index in [1.807, 2.05) is 128 Å². The zero-order chi connectivity index (χ0) is 28.1. The van der Waals surface area contributed by atoms with Gasteiger partial charge in [0, 0.05) is 31.0 Å². The van der Waals surface area contributed by atoms with Crippen LogP contribution in [0, 0.1) is 13.8 Å². The normalized spacial score (nSPS) is 11.5. The van der Waals surface area contributed by atoms with Crippen LogP contribution < -0.4 is 11.1 Å². The molecule has 0 saturated carbocycles. The van der Waals surface area contributed by atoms with E-state index in [0.717, 1.165) is 22.1 Å². The Morgan fingerprint density at radius 1 is 0.575 bits per heavy atom. The molecule has 0 bridgehead atoms. The van der Waals surface area contributed by atoms with Gasteiger partial charge in [-0.15, -0.1) is 0 Å². The smallest absolute Gasteiger partial charge is 0.275 e. The molecule has 2 heterocycles. The molecule has 0 aliphatic carbocycles. The van der Waals surface area contributed by atoms with Gasteiger partial charge in [0.25, 0.3) is 11.1 Å². The number of aromatic nitrogens is 4. The Balaban J connectivity index is 1.76. The van der Waals surface area contributed by atoms with Crippen molar-refractivity contribution in [3.8, 4) is 17.1 Å². The van der Waals surface area contributed by atoms with Crippen LogP contribution in [0.5, 0.6) is 5.75 Å². The SMILES string of the molecule is Cc1c(C(c2c(C)n(C)n(-c3ccccc3)c2=O)c2c(O)ccc3ccccc23)c(=O)n(-c2ccccc2)n1C. The van der Waals surface area contributed by atoms with Crippen molar-refractivity contribution in [2.75, 3.05) is 0 Å². The summed E-state index contributed by atoms with van der Waals surface area (Å²) in [6, 6.07) is 30.1. The van der Waals surface area contributed by atoms with Gasteiger partial charge >= 0.3 is 0 Å². The van der Waals surface area contributed by atoms with E-state index < -0.39 is 5.92 Å². The van der Waals surface area contributed by atoms with Crippen LogP contribution in [0.15, 0.2) is 107 Å². The highest BCUT2D eigenvalue weighted by atomic mass is 16.3. The molecule has 0 aliphatic rings. The molecule has 40 heavy (non-hydrogen) atoms. The number of rotatable bonds is 5. The van der Waals surface area contributed by atoms with E-state index >= 15 is 0 Å². The Bertz CT molecular complexity index is 1890. The van der Waals surface area contributed by atoms with E-state index in [0.29, 0.717) is 28.1 Å². The minimum absolute atomic E-state index is 0.0338. The second-order valence-corrected chi connectivity index (χ2v) is 10.1. The topological polar surface area (TPSA) is 74.1 Å². The summed E-state index contributed by atoms with van der Waals surface area (Å²) in [5.41, 5.74) is 3.81. The summed E-state index contributed by atoms with van der Waals surface area (Å²) >= 11 is 0. The maximum Gasteiger partial charge on any atom is 0.275 e. The zero-order valence-corrected chi connectivity index (χ0v) is 22.9. The molecule has 0 saturated heterocycles. The minimum Gasteiger partial charge on any atom is -0.508 e. The fourth-order valence-electron chi connectivity index (χ4n) is 5.86. The van der Waals surface area contributed by atoms with Crippen LogP contribution in [0.4, 0.5) is 0 Å². The van der Waals surface area contributed by atoms with E-state index in [4.69, 9.17) is 0 Å². The van der Waals surface area contributed by atoms with Gasteiger partial charge in [0.2, 0.25) is 0 Å². The second-order valence-electron chi connectivity index (χ2n) is 10.1. The van der Waals surface area contributed by atoms with Crippen LogP contribution in [0.1, 0.15) is 34.0 Å². The van der Waals surface area contributed by atoms with Gasteiger partial charge in [-0.1, -0.05) is 66.7 Å². The molecule has 7 nitrogen and oxygen atoms in total. The van der Waals surface area contributed by atoms with Crippen molar-refractivity contribution in [3.63, 3.8) is 0 Å². The van der Waals surface area contributed by atoms with Crippen molar-refractivity contribution in [3.05, 3.63) is 146 Å². The second kappa shape index (κ2) is 9.61. The third-order valence-electron chi connectivity index (χ3n) is 8.01. The molecule has 6 aromatic rings. The van der Waals surface area contributed by atoms with E-state index in [2.05, 4.69) is 0 Å². The van der Waals surface area contributed by atoms with Crippen LogP contribution in [0.2, 0.25) is 0 Å². The molecule has 1 N–H and O–H groups in total. The first-order valence-corrected chi connectivity index (χ1v) is 13.2. The van der Waals surface area contributed by atoms with E-state index in [-0.39, 0.29) is 16.9 Å². The van der Waals surface area contributed by atoms with Gasteiger partial charge in [0.15, 0.2) is 0 Å². The Morgan fingerprint density at radius 2 is 1.02 bits per heavy atom. The highest BCUT2D eigenvalue weighted by Gasteiger charge is 2.35. The molecule has 0 atom stereocenters. The Morgan fingerprint density at radius 3 is 1.52 bits per heavy atom. The standard InChI is InChI=1S/C33H30N4O3/c1-21-28(32(39)36(34(21)3)24-14-7-5-8-15-24)31(30-26-18-12-11-13-23(26)19-20-27(30)38)29-22(2)35(4)37(33(29)40)25-16-9-6-10-17-25/h5-20,31,38H,1-4H3. The maximum absolute atomic E-state index is 14.4. The highest BCUT2D eigenvalue weighted by Crippen LogP contribution is 2.41. The molecule has 200 valence electrons. The lowest BCUT2D eigenvalue weighted by Crippen LogP contribution is -2.26. The molecule has 4 aromatic carbocycles. The first-order valence-electron chi connectivity index (χ1n) is 13.2. The average Bonchev–Trinajstić information content (AvgIpc) is 3.33. The van der Waals surface area contributed by atoms with Gasteiger partial charge in [-0.05, 0) is 55.0 Å². The lowest BCUT2D eigenvalue weighted by atomic mass is 9.82. The number of hydrogen-bond donors (Lipinski definition) is 1. The van der Waals surface area contributed by atoms with Crippen LogP contribution >= 0.6 is 0 Å². The Hall–Kier alpha value is -5.04. The van der Waals surface area contributed by atoms with Crippen molar-refractivity contribution < 1.29 is 5.11 Å². The largest absolute Gasteiger partial charge is 0.508 e. The van der Waals surface area contributed by atoms with Crippen molar-refractivity contribution >= 4 is 10.8 Å². The fraction of sp³-hybridized carbons (Fsp3) is 0.152. The summed E-state index contributed by atoms with van der Waals surface area (Å²) in [7, 11) is 3.68. The quantitative estimate of drug-likeness (QED) is 0.328. The molecule has 0 fully saturated rings. The highest BCUT2D eigenvalue weighted by molar-refractivity contribution is 5.89. The molecule has 0 spiro atoms. The first-order chi connectivity index (χ1) is 19.3. The number of hydrogen-bond acceptors (Lipinski definition) is 3. The van der Waals surface area contributed by atoms with Crippen molar-refractivity contribution in [2.24, 2.45) is 14.1 Å². The number of aromatic hydroxyl groups is 1. The van der Waals surface area contributed by atoms with Gasteiger partial charge in [-0.25, -0.2) is 9.36 Å². The Kier molecular flexibility index (Phi) is 6.07. The molecule has 0 aliphatic heterocycles. The van der Waals surface area contributed by atoms with Crippen LogP contribution in [-0.4, -0.2) is 23.8 Å². The van der Waals surface area contributed by atoms with Crippen LogP contribution in [0.3, 0.4) is 0 Å². The minimum atomic E-state index is -0.821. The van der Waals surface area contributed by atoms with Gasteiger partial charge in [-0.2, -0.15) is 0 Å². The summed E-state index contributed by atoms with van der Waals surface area (Å²) in [5.74, 6) is -0.787. The monoisotopic (exact) mass is 530 g/mol. The van der Waals surface area contributed by atoms with Gasteiger partial charge < -0.3 is 5.11 Å². The van der Waals surface area contributed by atoms with E-state index in [1.165, 1.54) is 0 Å². The number of fused-ring (bicyclic) bond motifs is 1. The fourth-order valence-corrected chi connectivity index (χ4v) is 5.86. The van der Waals surface area contributed by atoms with Crippen LogP contribution in [0.25, 0.3) is 22.1 Å². The maximum atomic E-state index is 14.4. The molecule has 7 heteroatoms. The molecule has 0 radical (unpaired) electrons. The zero-order valence-electron chi connectivity index (χ0n) is 22.9. The summed E-state index contributed by atoms with van der Waals surface area (Å²) in [4.78, 5) is 28.8. The molecule has 6 rings (SSSR count). The Labute approximate surface area is 231 Å². The summed E-state index contributed by atoms with van der Waals surface area (Å²) in [6.07, 6.45) is 0. The average molecular weight is 531 g/mol. The lowest BCUT2D eigenvalue weighted by molar-refractivity contribution is 0.468. The number of para-hydroxylation sites is 2. The molecule has 2 aromatic heterocycles. The third kappa shape index (κ3) is 3.73. The predicted octanol–water partition coefficient (Wildman–Crippen LogP) is 5.32. The van der Waals surface area contributed by atoms with Crippen LogP contribution in [-0.2, 0) is 14.1 Å². The number of benzene rings is 4. The van der Waals surface area contributed by atoms with Gasteiger partial charge in [0.05, 0.1) is 28.4 Å². The first kappa shape index (κ1) is 25.2. The van der Waals surface area contributed by atoms with E-state index in [1.54, 1.807) is 15.4 Å². The van der Waals surface area contributed by atoms with E-state index in [9.17, 15) is 14.7 Å². The summed E-state index contributed by atoms with van der Waals surface area (Å²) in [5, 5.41) is 13.1. The van der Waals surface area contributed by atoms with Gasteiger partial charge in [-0.3, -0.25) is 19.0 Å². The molecule has 0 unspecified atom stereocenters. The van der Waals surface area contributed by atoms with Crippen molar-refractivity contribution in [2.45, 2.75) is 19.8 Å². The summed E-state index contributed by atoms with van der Waals surface area (Å²) in [6.45, 7) is 3.78. The van der Waals surface area contributed by atoms with Crippen molar-refractivity contribution in [1.82, 2.24) is 18.7 Å². The third-order valence-corrected chi connectivity index (χ3v) is 8.01. The summed E-state index contributed by atoms with van der Waals surface area (Å²) < 4.78 is 6.87. The number of nitrogens with zero attached hydrogens (tertiary/aromatic N) is 4.